The van der Waals surface area contributed by atoms with E-state index in [1.807, 2.05) is 62.4 Å². The Kier molecular flexibility index (Phi) is 3.98. The van der Waals surface area contributed by atoms with Crippen molar-refractivity contribution in [3.8, 4) is 11.3 Å². The molecule has 1 amide bonds. The second-order valence-electron chi connectivity index (χ2n) is 5.66. The Labute approximate surface area is 135 Å². The van der Waals surface area contributed by atoms with E-state index in [0.29, 0.717) is 17.0 Å². The molecule has 0 aliphatic rings. The Morgan fingerprint density at radius 1 is 0.913 bits per heavy atom. The first kappa shape index (κ1) is 15.0. The molecule has 0 atom stereocenters. The second-order valence-corrected chi connectivity index (χ2v) is 5.66. The third kappa shape index (κ3) is 3.16. The van der Waals surface area contributed by atoms with Gasteiger partial charge in [0.15, 0.2) is 5.76 Å². The first-order valence-corrected chi connectivity index (χ1v) is 7.46. The Morgan fingerprint density at radius 3 is 2.09 bits per heavy atom. The number of anilines is 1. The van der Waals surface area contributed by atoms with Crippen molar-refractivity contribution in [3.05, 3.63) is 70.9 Å². The van der Waals surface area contributed by atoms with E-state index in [1.54, 1.807) is 6.92 Å². The number of hydrogen-bond acceptors (Lipinski definition) is 3. The monoisotopic (exact) mass is 306 g/mol. The molecule has 3 aromatic rings. The van der Waals surface area contributed by atoms with Gasteiger partial charge in [-0.2, -0.15) is 0 Å². The molecule has 0 unspecified atom stereocenters. The minimum Gasteiger partial charge on any atom is -0.355 e. The van der Waals surface area contributed by atoms with Crippen LogP contribution in [0, 0.1) is 20.8 Å². The molecule has 0 spiro atoms. The smallest absolute Gasteiger partial charge is 0.261 e. The van der Waals surface area contributed by atoms with Gasteiger partial charge in [0, 0.05) is 11.3 Å². The van der Waals surface area contributed by atoms with Crippen molar-refractivity contribution in [1.82, 2.24) is 5.16 Å². The van der Waals surface area contributed by atoms with Crippen LogP contribution in [-0.4, -0.2) is 11.1 Å². The highest BCUT2D eigenvalue weighted by Gasteiger charge is 2.21. The van der Waals surface area contributed by atoms with E-state index >= 15 is 0 Å². The summed E-state index contributed by atoms with van der Waals surface area (Å²) >= 11 is 0. The normalized spacial score (nSPS) is 10.6. The standard InChI is InChI=1S/C19H18N2O2/c1-12-4-8-15(9-5-12)18-17(14(3)21-23-18)19(22)20-16-10-6-13(2)7-11-16/h4-11H,1-3H3,(H,20,22). The summed E-state index contributed by atoms with van der Waals surface area (Å²) in [6, 6.07) is 15.5. The third-order valence-corrected chi connectivity index (χ3v) is 3.71. The van der Waals surface area contributed by atoms with Gasteiger partial charge in [-0.1, -0.05) is 52.7 Å². The van der Waals surface area contributed by atoms with Gasteiger partial charge in [0.1, 0.15) is 5.56 Å². The predicted molar refractivity (Wildman–Crippen MR) is 90.5 cm³/mol. The lowest BCUT2D eigenvalue weighted by Gasteiger charge is -2.06. The zero-order chi connectivity index (χ0) is 16.4. The van der Waals surface area contributed by atoms with Crippen molar-refractivity contribution in [2.45, 2.75) is 20.8 Å². The van der Waals surface area contributed by atoms with Gasteiger partial charge in [0.2, 0.25) is 0 Å². The van der Waals surface area contributed by atoms with E-state index in [4.69, 9.17) is 4.52 Å². The molecule has 0 bridgehead atoms. The summed E-state index contributed by atoms with van der Waals surface area (Å²) in [7, 11) is 0. The zero-order valence-corrected chi connectivity index (χ0v) is 13.4. The molecule has 0 aliphatic heterocycles. The molecule has 3 rings (SSSR count). The van der Waals surface area contributed by atoms with Crippen LogP contribution in [-0.2, 0) is 0 Å². The van der Waals surface area contributed by atoms with Crippen molar-refractivity contribution < 1.29 is 9.32 Å². The molecule has 0 saturated carbocycles. The zero-order valence-electron chi connectivity index (χ0n) is 13.4. The van der Waals surface area contributed by atoms with E-state index in [2.05, 4.69) is 10.5 Å². The van der Waals surface area contributed by atoms with Gasteiger partial charge in [-0.15, -0.1) is 0 Å². The maximum absolute atomic E-state index is 12.6. The Morgan fingerprint density at radius 2 is 1.48 bits per heavy atom. The number of hydrogen-bond donors (Lipinski definition) is 1. The first-order valence-electron chi connectivity index (χ1n) is 7.46. The number of amides is 1. The number of aromatic nitrogens is 1. The molecule has 4 nitrogen and oxygen atoms in total. The van der Waals surface area contributed by atoms with Crippen molar-refractivity contribution in [1.29, 1.82) is 0 Å². The fourth-order valence-corrected chi connectivity index (χ4v) is 2.37. The number of nitrogens with zero attached hydrogens (tertiary/aromatic N) is 1. The summed E-state index contributed by atoms with van der Waals surface area (Å²) in [6.45, 7) is 5.79. The number of rotatable bonds is 3. The number of carbonyl (C=O) groups excluding carboxylic acids is 1. The summed E-state index contributed by atoms with van der Waals surface area (Å²) in [5.74, 6) is 0.273. The van der Waals surface area contributed by atoms with Crippen LogP contribution < -0.4 is 5.32 Å². The van der Waals surface area contributed by atoms with E-state index in [-0.39, 0.29) is 5.91 Å². The average Bonchev–Trinajstić information content (AvgIpc) is 2.92. The molecule has 0 aliphatic carbocycles. The van der Waals surface area contributed by atoms with Crippen LogP contribution in [0.2, 0.25) is 0 Å². The minimum atomic E-state index is -0.219. The number of carbonyl (C=O) groups is 1. The van der Waals surface area contributed by atoms with E-state index in [0.717, 1.165) is 22.4 Å². The molecule has 4 heteroatoms. The topological polar surface area (TPSA) is 55.1 Å². The van der Waals surface area contributed by atoms with Crippen LogP contribution in [0.3, 0.4) is 0 Å². The molecular formula is C19H18N2O2. The van der Waals surface area contributed by atoms with Crippen LogP contribution in [0.4, 0.5) is 5.69 Å². The highest BCUT2D eigenvalue weighted by molar-refractivity contribution is 6.08. The maximum Gasteiger partial charge on any atom is 0.261 e. The Balaban J connectivity index is 1.93. The summed E-state index contributed by atoms with van der Waals surface area (Å²) in [4.78, 5) is 12.6. The fraction of sp³-hybridized carbons (Fsp3) is 0.158. The summed E-state index contributed by atoms with van der Waals surface area (Å²) in [5.41, 5.74) is 4.92. The van der Waals surface area contributed by atoms with E-state index in [1.165, 1.54) is 0 Å². The molecule has 1 aromatic heterocycles. The molecular weight excluding hydrogens is 288 g/mol. The van der Waals surface area contributed by atoms with Gasteiger partial charge in [-0.05, 0) is 32.9 Å². The Bertz CT molecular complexity index is 831. The minimum absolute atomic E-state index is 0.219. The number of benzene rings is 2. The van der Waals surface area contributed by atoms with Crippen LogP contribution in [0.25, 0.3) is 11.3 Å². The summed E-state index contributed by atoms with van der Waals surface area (Å²) < 4.78 is 5.39. The maximum atomic E-state index is 12.6. The third-order valence-electron chi connectivity index (χ3n) is 3.71. The summed E-state index contributed by atoms with van der Waals surface area (Å²) in [5, 5.41) is 6.85. The molecule has 1 N–H and O–H groups in total. The van der Waals surface area contributed by atoms with Crippen molar-refractivity contribution in [2.75, 3.05) is 5.32 Å². The number of aryl methyl sites for hydroxylation is 3. The van der Waals surface area contributed by atoms with E-state index < -0.39 is 0 Å². The molecule has 116 valence electrons. The number of nitrogens with one attached hydrogen (secondary N) is 1. The van der Waals surface area contributed by atoms with Gasteiger partial charge >= 0.3 is 0 Å². The van der Waals surface area contributed by atoms with Gasteiger partial charge in [-0.25, -0.2) is 0 Å². The molecule has 0 saturated heterocycles. The molecule has 2 aromatic carbocycles. The summed E-state index contributed by atoms with van der Waals surface area (Å²) in [6.07, 6.45) is 0. The van der Waals surface area contributed by atoms with Crippen LogP contribution in [0.15, 0.2) is 53.1 Å². The van der Waals surface area contributed by atoms with Crippen molar-refractivity contribution in [2.24, 2.45) is 0 Å². The van der Waals surface area contributed by atoms with Gasteiger partial charge in [0.05, 0.1) is 5.69 Å². The molecule has 1 heterocycles. The van der Waals surface area contributed by atoms with Gasteiger partial charge in [0.25, 0.3) is 5.91 Å². The lowest BCUT2D eigenvalue weighted by molar-refractivity contribution is 0.102. The highest BCUT2D eigenvalue weighted by atomic mass is 16.5. The van der Waals surface area contributed by atoms with Crippen LogP contribution >= 0.6 is 0 Å². The predicted octanol–water partition coefficient (Wildman–Crippen LogP) is 4.52. The lowest BCUT2D eigenvalue weighted by atomic mass is 10.0. The fourth-order valence-electron chi connectivity index (χ4n) is 2.37. The first-order chi connectivity index (χ1) is 11.0. The second kappa shape index (κ2) is 6.08. The average molecular weight is 306 g/mol. The quantitative estimate of drug-likeness (QED) is 0.774. The molecule has 23 heavy (non-hydrogen) atoms. The highest BCUT2D eigenvalue weighted by Crippen LogP contribution is 2.27. The SMILES string of the molecule is Cc1ccc(NC(=O)c2c(C)noc2-c2ccc(C)cc2)cc1. The van der Waals surface area contributed by atoms with Crippen LogP contribution in [0.1, 0.15) is 27.2 Å². The largest absolute Gasteiger partial charge is 0.355 e. The van der Waals surface area contributed by atoms with Gasteiger partial charge in [-0.3, -0.25) is 4.79 Å². The molecule has 0 fully saturated rings. The van der Waals surface area contributed by atoms with Crippen LogP contribution in [0.5, 0.6) is 0 Å². The lowest BCUT2D eigenvalue weighted by Crippen LogP contribution is -2.13. The van der Waals surface area contributed by atoms with Gasteiger partial charge < -0.3 is 9.84 Å². The molecule has 0 radical (unpaired) electrons. The van der Waals surface area contributed by atoms with Crippen molar-refractivity contribution >= 4 is 11.6 Å². The Hall–Kier alpha value is -2.88. The van der Waals surface area contributed by atoms with Crippen molar-refractivity contribution in [3.63, 3.8) is 0 Å². The van der Waals surface area contributed by atoms with E-state index in [9.17, 15) is 4.79 Å².